The van der Waals surface area contributed by atoms with Gasteiger partial charge in [0.25, 0.3) is 11.1 Å². The number of piperidine rings is 1. The second-order valence-corrected chi connectivity index (χ2v) is 8.67. The van der Waals surface area contributed by atoms with E-state index in [0.29, 0.717) is 36.1 Å². The van der Waals surface area contributed by atoms with Crippen LogP contribution in [0.25, 0.3) is 11.0 Å². The van der Waals surface area contributed by atoms with Gasteiger partial charge in [0, 0.05) is 25.2 Å². The van der Waals surface area contributed by atoms with Gasteiger partial charge in [-0.1, -0.05) is 5.92 Å². The van der Waals surface area contributed by atoms with Gasteiger partial charge in [-0.05, 0) is 37.5 Å². The summed E-state index contributed by atoms with van der Waals surface area (Å²) in [5, 5.41) is 0. The number of ether oxygens (including phenoxy) is 2. The van der Waals surface area contributed by atoms with Crippen molar-refractivity contribution >= 4 is 17.0 Å². The van der Waals surface area contributed by atoms with E-state index in [0.717, 1.165) is 17.5 Å². The topological polar surface area (TPSA) is 110 Å². The highest BCUT2D eigenvalue weighted by atomic mass is 19.1. The highest BCUT2D eigenvalue weighted by molar-refractivity contribution is 5.77. The minimum Gasteiger partial charge on any atom is -0.497 e. The fourth-order valence-corrected chi connectivity index (χ4v) is 4.60. The minimum atomic E-state index is -0.817. The normalized spacial score (nSPS) is 15.6. The van der Waals surface area contributed by atoms with Gasteiger partial charge in [0.2, 0.25) is 5.95 Å². The van der Waals surface area contributed by atoms with Crippen LogP contribution < -0.4 is 31.2 Å². The van der Waals surface area contributed by atoms with Gasteiger partial charge < -0.3 is 20.1 Å². The van der Waals surface area contributed by atoms with Gasteiger partial charge in [0.15, 0.2) is 5.52 Å². The first-order valence-corrected chi connectivity index (χ1v) is 11.8. The molecule has 1 aliphatic rings. The molecule has 0 bridgehead atoms. The van der Waals surface area contributed by atoms with Crippen molar-refractivity contribution < 1.29 is 13.9 Å². The Kier molecular flexibility index (Phi) is 7.64. The van der Waals surface area contributed by atoms with Crippen molar-refractivity contribution in [1.82, 2.24) is 18.9 Å². The lowest BCUT2D eigenvalue weighted by Gasteiger charge is -2.31. The van der Waals surface area contributed by atoms with Crippen LogP contribution in [0.4, 0.5) is 10.3 Å². The Morgan fingerprint density at radius 2 is 1.86 bits per heavy atom. The molecular weight excluding hydrogens is 467 g/mol. The third-order valence-corrected chi connectivity index (χ3v) is 6.31. The van der Waals surface area contributed by atoms with Gasteiger partial charge >= 0.3 is 0 Å². The predicted octanol–water partition coefficient (Wildman–Crippen LogP) is 1.35. The summed E-state index contributed by atoms with van der Waals surface area (Å²) >= 11 is 0. The summed E-state index contributed by atoms with van der Waals surface area (Å²) in [6.07, 6.45) is 1.77. The monoisotopic (exact) mass is 498 g/mol. The summed E-state index contributed by atoms with van der Waals surface area (Å²) in [6, 6.07) is 5.15. The predicted molar refractivity (Wildman–Crippen MR) is 136 cm³/mol. The molecule has 1 saturated heterocycles. The smallest absolute Gasteiger partial charge is 0.293 e. The van der Waals surface area contributed by atoms with Crippen molar-refractivity contribution in [1.29, 1.82) is 0 Å². The molecule has 0 spiro atoms. The van der Waals surface area contributed by atoms with E-state index in [1.54, 1.807) is 29.7 Å². The Bertz CT molecular complexity index is 1410. The van der Waals surface area contributed by atoms with Gasteiger partial charge in [-0.3, -0.25) is 14.2 Å². The van der Waals surface area contributed by atoms with Crippen molar-refractivity contribution in [3.8, 4) is 23.3 Å². The van der Waals surface area contributed by atoms with Crippen molar-refractivity contribution in [2.75, 3.05) is 38.9 Å². The molecule has 2 aromatic heterocycles. The molecule has 0 amide bonds. The van der Waals surface area contributed by atoms with E-state index in [2.05, 4.69) is 16.8 Å². The van der Waals surface area contributed by atoms with Crippen LogP contribution in [0.1, 0.15) is 25.3 Å². The summed E-state index contributed by atoms with van der Waals surface area (Å²) in [5.41, 5.74) is 5.98. The number of rotatable bonds is 8. The molecule has 3 aromatic rings. The van der Waals surface area contributed by atoms with Crippen LogP contribution in [0, 0.1) is 11.8 Å². The number of methoxy groups -OCH3 is 2. The zero-order valence-electron chi connectivity index (χ0n) is 20.8. The number of hydrogen-bond acceptors (Lipinski definition) is 7. The number of alkyl halides is 1. The summed E-state index contributed by atoms with van der Waals surface area (Å²) in [5.74, 6) is 7.37. The lowest BCUT2D eigenvalue weighted by Crippen LogP contribution is -2.44. The largest absolute Gasteiger partial charge is 0.497 e. The van der Waals surface area contributed by atoms with Crippen molar-refractivity contribution in [3.05, 3.63) is 44.5 Å². The quantitative estimate of drug-likeness (QED) is 0.467. The molecule has 0 saturated carbocycles. The molecule has 0 aliphatic carbocycles. The number of imidazole rings is 1. The number of hydrogen-bond donors (Lipinski definition) is 1. The summed E-state index contributed by atoms with van der Waals surface area (Å²) < 4.78 is 28.3. The Morgan fingerprint density at radius 3 is 2.47 bits per heavy atom. The molecule has 0 radical (unpaired) electrons. The summed E-state index contributed by atoms with van der Waals surface area (Å²) in [7, 11) is 3.05. The van der Waals surface area contributed by atoms with Crippen LogP contribution in [0.15, 0.2) is 27.8 Å². The van der Waals surface area contributed by atoms with E-state index in [1.165, 1.54) is 18.9 Å². The summed E-state index contributed by atoms with van der Waals surface area (Å²) in [4.78, 5) is 34.0. The third-order valence-electron chi connectivity index (χ3n) is 6.31. The van der Waals surface area contributed by atoms with E-state index < -0.39 is 17.8 Å². The van der Waals surface area contributed by atoms with Crippen LogP contribution >= 0.6 is 0 Å². The zero-order valence-corrected chi connectivity index (χ0v) is 20.8. The third kappa shape index (κ3) is 4.81. The first kappa shape index (κ1) is 25.3. The molecule has 36 heavy (non-hydrogen) atoms. The SMILES string of the molecule is CC#CCn1c(N2CCCC(N)C2)nc2c(=O)n(CCF)n(Cc3cc(OC)cc(OC)c3)c(=O)c21. The first-order valence-electron chi connectivity index (χ1n) is 11.8. The first-order chi connectivity index (χ1) is 17.4. The molecule has 192 valence electrons. The number of anilines is 1. The Labute approximate surface area is 208 Å². The van der Waals surface area contributed by atoms with Crippen LogP contribution in [0.2, 0.25) is 0 Å². The van der Waals surface area contributed by atoms with Gasteiger partial charge in [0.05, 0.1) is 33.9 Å². The number of fused-ring (bicyclic) bond motifs is 1. The molecule has 2 N–H and O–H groups in total. The number of halogens is 1. The number of aromatic nitrogens is 4. The number of nitrogens with two attached hydrogens (primary N) is 1. The molecule has 1 fully saturated rings. The molecule has 4 rings (SSSR count). The second-order valence-electron chi connectivity index (χ2n) is 8.67. The molecule has 11 heteroatoms. The maximum absolute atomic E-state index is 13.9. The molecule has 1 aromatic carbocycles. The van der Waals surface area contributed by atoms with Gasteiger partial charge in [-0.25, -0.2) is 18.7 Å². The van der Waals surface area contributed by atoms with Gasteiger partial charge in [0.1, 0.15) is 23.7 Å². The Hall–Kier alpha value is -3.78. The molecule has 10 nitrogen and oxygen atoms in total. The van der Waals surface area contributed by atoms with Crippen LogP contribution in [-0.4, -0.2) is 58.9 Å². The van der Waals surface area contributed by atoms with E-state index in [-0.39, 0.29) is 36.7 Å². The van der Waals surface area contributed by atoms with E-state index in [9.17, 15) is 14.0 Å². The average Bonchev–Trinajstić information content (AvgIpc) is 3.27. The van der Waals surface area contributed by atoms with Crippen molar-refractivity contribution in [3.63, 3.8) is 0 Å². The maximum atomic E-state index is 13.9. The number of nitrogens with zero attached hydrogens (tertiary/aromatic N) is 5. The average molecular weight is 499 g/mol. The van der Waals surface area contributed by atoms with Crippen LogP contribution in [-0.2, 0) is 19.6 Å². The molecule has 1 atom stereocenters. The molecule has 3 heterocycles. The summed E-state index contributed by atoms with van der Waals surface area (Å²) in [6.45, 7) is 2.05. The zero-order chi connectivity index (χ0) is 25.8. The minimum absolute atomic E-state index is 0.0000271. The van der Waals surface area contributed by atoms with Gasteiger partial charge in [-0.2, -0.15) is 0 Å². The van der Waals surface area contributed by atoms with E-state index in [4.69, 9.17) is 15.2 Å². The highest BCUT2D eigenvalue weighted by Gasteiger charge is 2.27. The second kappa shape index (κ2) is 10.9. The lowest BCUT2D eigenvalue weighted by atomic mass is 10.1. The molecular formula is C25H31FN6O4. The van der Waals surface area contributed by atoms with Crippen LogP contribution in [0.3, 0.4) is 0 Å². The van der Waals surface area contributed by atoms with Crippen LogP contribution in [0.5, 0.6) is 11.5 Å². The maximum Gasteiger partial charge on any atom is 0.293 e. The van der Waals surface area contributed by atoms with Gasteiger partial charge in [-0.15, -0.1) is 5.92 Å². The van der Waals surface area contributed by atoms with Crippen molar-refractivity contribution in [2.45, 2.75) is 45.4 Å². The fraction of sp³-hybridized carbons (Fsp3) is 0.480. The van der Waals surface area contributed by atoms with E-state index >= 15 is 0 Å². The molecule has 1 unspecified atom stereocenters. The number of benzene rings is 1. The standard InChI is InChI=1S/C25H31FN6O4/c1-4-5-10-30-22-21(28-25(30)29-9-6-7-18(27)16-29)23(33)31(11-8-26)32(24(22)34)15-17-12-19(35-2)14-20(13-17)36-3/h12-14,18H,6-11,15-16,27H2,1-3H3. The lowest BCUT2D eigenvalue weighted by molar-refractivity contribution is 0.366. The van der Waals surface area contributed by atoms with Crippen molar-refractivity contribution in [2.24, 2.45) is 5.73 Å². The fourth-order valence-electron chi connectivity index (χ4n) is 4.60. The molecule has 1 aliphatic heterocycles. The van der Waals surface area contributed by atoms with E-state index in [1.807, 2.05) is 4.90 Å². The Morgan fingerprint density at radius 1 is 1.14 bits per heavy atom. The highest BCUT2D eigenvalue weighted by Crippen LogP contribution is 2.24. The Balaban J connectivity index is 1.95.